The lowest BCUT2D eigenvalue weighted by Gasteiger charge is -2.13. The van der Waals surface area contributed by atoms with Crippen LogP contribution < -0.4 is 10.6 Å². The van der Waals surface area contributed by atoms with Crippen molar-refractivity contribution in [3.05, 3.63) is 41.5 Å². The number of rotatable bonds is 5. The number of aryl methyl sites for hydroxylation is 1. The Morgan fingerprint density at radius 1 is 1.39 bits per heavy atom. The van der Waals surface area contributed by atoms with Crippen LogP contribution >= 0.6 is 0 Å². The second kappa shape index (κ2) is 6.02. The van der Waals surface area contributed by atoms with Crippen molar-refractivity contribution in [1.82, 2.24) is 9.78 Å². The van der Waals surface area contributed by atoms with E-state index in [1.54, 1.807) is 25.2 Å². The number of nitrogens with zero attached hydrogens (tertiary/aromatic N) is 2. The largest absolute Gasteiger partial charge is 0.381 e. The third-order valence-electron chi connectivity index (χ3n) is 3.91. The molecule has 122 valence electrons. The van der Waals surface area contributed by atoms with E-state index in [0.29, 0.717) is 17.4 Å². The number of carbonyl (C=O) groups excluding carboxylic acids is 1. The highest BCUT2D eigenvalue weighted by Gasteiger charge is 2.24. The van der Waals surface area contributed by atoms with Gasteiger partial charge in [-0.25, -0.2) is 4.39 Å². The molecule has 1 saturated carbocycles. The lowest BCUT2D eigenvalue weighted by molar-refractivity contribution is 0.101. The van der Waals surface area contributed by atoms with E-state index < -0.39 is 5.82 Å². The molecule has 2 N–H and O–H groups in total. The molecule has 6 heteroatoms. The van der Waals surface area contributed by atoms with Crippen molar-refractivity contribution in [2.75, 3.05) is 10.6 Å². The van der Waals surface area contributed by atoms with Crippen LogP contribution in [0, 0.1) is 5.82 Å². The number of aromatic nitrogens is 2. The van der Waals surface area contributed by atoms with Crippen LogP contribution in [0.1, 0.15) is 48.8 Å². The van der Waals surface area contributed by atoms with Crippen LogP contribution in [0.2, 0.25) is 0 Å². The zero-order valence-electron chi connectivity index (χ0n) is 13.6. The summed E-state index contributed by atoms with van der Waals surface area (Å²) in [6.45, 7) is 4.02. The first-order chi connectivity index (χ1) is 11.0. The van der Waals surface area contributed by atoms with Gasteiger partial charge < -0.3 is 10.6 Å². The highest BCUT2D eigenvalue weighted by molar-refractivity contribution is 6.05. The number of halogens is 1. The van der Waals surface area contributed by atoms with Gasteiger partial charge in [0.2, 0.25) is 0 Å². The summed E-state index contributed by atoms with van der Waals surface area (Å²) in [5.74, 6) is -0.589. The van der Waals surface area contributed by atoms with Crippen molar-refractivity contribution in [3.63, 3.8) is 0 Å². The van der Waals surface area contributed by atoms with Crippen LogP contribution in [0.15, 0.2) is 24.3 Å². The molecule has 1 fully saturated rings. The molecule has 23 heavy (non-hydrogen) atoms. The van der Waals surface area contributed by atoms with E-state index in [1.165, 1.54) is 10.7 Å². The SMILES string of the molecule is CC(C)c1cc(C(=O)Nc2c(F)cccc2NC2CC2)n(C)n1. The molecular weight excluding hydrogens is 295 g/mol. The fourth-order valence-electron chi connectivity index (χ4n) is 2.38. The van der Waals surface area contributed by atoms with E-state index in [-0.39, 0.29) is 17.5 Å². The minimum Gasteiger partial charge on any atom is -0.381 e. The maximum atomic E-state index is 14.2. The summed E-state index contributed by atoms with van der Waals surface area (Å²) in [5.41, 5.74) is 2.06. The van der Waals surface area contributed by atoms with Gasteiger partial charge in [0.25, 0.3) is 5.91 Å². The summed E-state index contributed by atoms with van der Waals surface area (Å²) in [4.78, 5) is 12.5. The second-order valence-corrected chi connectivity index (χ2v) is 6.27. The van der Waals surface area contributed by atoms with E-state index in [4.69, 9.17) is 0 Å². The zero-order valence-corrected chi connectivity index (χ0v) is 13.6. The topological polar surface area (TPSA) is 59.0 Å². The Balaban J connectivity index is 1.85. The van der Waals surface area contributed by atoms with Crippen molar-refractivity contribution in [1.29, 1.82) is 0 Å². The van der Waals surface area contributed by atoms with E-state index in [1.807, 2.05) is 13.8 Å². The number of hydrogen-bond donors (Lipinski definition) is 2. The quantitative estimate of drug-likeness (QED) is 0.887. The van der Waals surface area contributed by atoms with Crippen LogP contribution in [0.4, 0.5) is 15.8 Å². The molecule has 3 rings (SSSR count). The van der Waals surface area contributed by atoms with Crippen molar-refractivity contribution in [3.8, 4) is 0 Å². The highest BCUT2D eigenvalue weighted by atomic mass is 19.1. The number of para-hydroxylation sites is 1. The molecule has 1 aliphatic rings. The van der Waals surface area contributed by atoms with Crippen molar-refractivity contribution in [2.24, 2.45) is 7.05 Å². The maximum Gasteiger partial charge on any atom is 0.274 e. The summed E-state index contributed by atoms with van der Waals surface area (Å²) in [6.07, 6.45) is 2.15. The van der Waals surface area contributed by atoms with Crippen LogP contribution in [0.3, 0.4) is 0 Å². The monoisotopic (exact) mass is 316 g/mol. The predicted molar refractivity (Wildman–Crippen MR) is 88.3 cm³/mol. The summed E-state index contributed by atoms with van der Waals surface area (Å²) in [5, 5.41) is 10.2. The number of hydrogen-bond acceptors (Lipinski definition) is 3. The van der Waals surface area contributed by atoms with E-state index in [0.717, 1.165) is 18.5 Å². The van der Waals surface area contributed by atoms with Crippen molar-refractivity contribution in [2.45, 2.75) is 38.6 Å². The fraction of sp³-hybridized carbons (Fsp3) is 0.412. The molecule has 1 heterocycles. The number of anilines is 2. The molecule has 0 radical (unpaired) electrons. The lowest BCUT2D eigenvalue weighted by Crippen LogP contribution is -2.18. The second-order valence-electron chi connectivity index (χ2n) is 6.27. The Hall–Kier alpha value is -2.37. The normalized spacial score (nSPS) is 14.1. The lowest BCUT2D eigenvalue weighted by atomic mass is 10.1. The number of amides is 1. The molecule has 5 nitrogen and oxygen atoms in total. The fourth-order valence-corrected chi connectivity index (χ4v) is 2.38. The molecule has 1 aromatic carbocycles. The molecular formula is C17H21FN4O. The molecule has 0 atom stereocenters. The van der Waals surface area contributed by atoms with Gasteiger partial charge in [-0.3, -0.25) is 9.48 Å². The van der Waals surface area contributed by atoms with Crippen LogP contribution in [0.5, 0.6) is 0 Å². The Kier molecular flexibility index (Phi) is 4.07. The molecule has 1 amide bonds. The van der Waals surface area contributed by atoms with E-state index >= 15 is 0 Å². The van der Waals surface area contributed by atoms with Crippen LogP contribution in [-0.4, -0.2) is 21.7 Å². The molecule has 0 aliphatic heterocycles. The van der Waals surface area contributed by atoms with Gasteiger partial charge in [0.1, 0.15) is 17.2 Å². The van der Waals surface area contributed by atoms with Gasteiger partial charge in [0, 0.05) is 13.1 Å². The maximum absolute atomic E-state index is 14.2. The Morgan fingerprint density at radius 2 is 2.13 bits per heavy atom. The third-order valence-corrected chi connectivity index (χ3v) is 3.91. The minimum atomic E-state index is -0.449. The predicted octanol–water partition coefficient (Wildman–Crippen LogP) is 3.51. The minimum absolute atomic E-state index is 0.191. The summed E-state index contributed by atoms with van der Waals surface area (Å²) in [6, 6.07) is 6.87. The van der Waals surface area contributed by atoms with Gasteiger partial charge in [-0.05, 0) is 37.0 Å². The Bertz CT molecular complexity index is 734. The Labute approximate surface area is 134 Å². The van der Waals surface area contributed by atoms with Crippen LogP contribution in [-0.2, 0) is 7.05 Å². The van der Waals surface area contributed by atoms with Gasteiger partial charge in [0.05, 0.1) is 11.4 Å². The molecule has 0 bridgehead atoms. The van der Waals surface area contributed by atoms with Crippen molar-refractivity contribution < 1.29 is 9.18 Å². The average molecular weight is 316 g/mol. The number of benzene rings is 1. The first-order valence-corrected chi connectivity index (χ1v) is 7.86. The standard InChI is InChI=1S/C17H21FN4O/c1-10(2)14-9-15(22(3)21-14)17(23)20-16-12(18)5-4-6-13(16)19-11-7-8-11/h4-6,9-11,19H,7-8H2,1-3H3,(H,20,23). The first-order valence-electron chi connectivity index (χ1n) is 7.86. The van der Waals surface area contributed by atoms with Gasteiger partial charge in [0.15, 0.2) is 0 Å². The summed E-state index contributed by atoms with van der Waals surface area (Å²) >= 11 is 0. The smallest absolute Gasteiger partial charge is 0.274 e. The van der Waals surface area contributed by atoms with Gasteiger partial charge in [-0.2, -0.15) is 5.10 Å². The summed E-state index contributed by atoms with van der Waals surface area (Å²) in [7, 11) is 1.71. The van der Waals surface area contributed by atoms with Gasteiger partial charge in [-0.15, -0.1) is 0 Å². The number of carbonyl (C=O) groups is 1. The van der Waals surface area contributed by atoms with Gasteiger partial charge >= 0.3 is 0 Å². The molecule has 0 saturated heterocycles. The van der Waals surface area contributed by atoms with E-state index in [9.17, 15) is 9.18 Å². The number of nitrogens with one attached hydrogen (secondary N) is 2. The highest BCUT2D eigenvalue weighted by Crippen LogP contribution is 2.31. The van der Waals surface area contributed by atoms with Crippen molar-refractivity contribution >= 4 is 17.3 Å². The molecule has 0 unspecified atom stereocenters. The van der Waals surface area contributed by atoms with Gasteiger partial charge in [-0.1, -0.05) is 19.9 Å². The van der Waals surface area contributed by atoms with E-state index in [2.05, 4.69) is 15.7 Å². The molecule has 1 aromatic heterocycles. The molecule has 0 spiro atoms. The average Bonchev–Trinajstić information content (AvgIpc) is 3.22. The summed E-state index contributed by atoms with van der Waals surface area (Å²) < 4.78 is 15.7. The third kappa shape index (κ3) is 3.36. The molecule has 2 aromatic rings. The first kappa shape index (κ1) is 15.5. The zero-order chi connectivity index (χ0) is 16.6. The Morgan fingerprint density at radius 3 is 2.74 bits per heavy atom. The molecule has 1 aliphatic carbocycles. The van der Waals surface area contributed by atoms with Crippen LogP contribution in [0.25, 0.3) is 0 Å².